The van der Waals surface area contributed by atoms with Crippen LogP contribution >= 0.6 is 0 Å². The smallest absolute Gasteiger partial charge is 0.341 e. The zero-order valence-electron chi connectivity index (χ0n) is 17.7. The van der Waals surface area contributed by atoms with E-state index >= 15 is 0 Å². The number of benzene rings is 3. The minimum Gasteiger partial charge on any atom is -0.482 e. The Morgan fingerprint density at radius 2 is 1.76 bits per heavy atom. The fraction of sp³-hybridized carbons (Fsp3) is 0.192. The summed E-state index contributed by atoms with van der Waals surface area (Å²) >= 11 is 0. The molecule has 7 nitrogen and oxygen atoms in total. The summed E-state index contributed by atoms with van der Waals surface area (Å²) in [7, 11) is 0. The van der Waals surface area contributed by atoms with Crippen molar-refractivity contribution in [2.45, 2.75) is 18.5 Å². The lowest BCUT2D eigenvalue weighted by molar-refractivity contribution is -0.140. The number of amides is 1. The molecule has 2 unspecified atom stereocenters. The van der Waals surface area contributed by atoms with Crippen molar-refractivity contribution in [3.05, 3.63) is 83.9 Å². The number of carboxylic acid groups (broad SMARTS) is 1. The number of Topliss-reactive ketones (excluding diaryl/α,β-unsaturated/α-hetero) is 1. The Bertz CT molecular complexity index is 1240. The Kier molecular flexibility index (Phi) is 5.30. The van der Waals surface area contributed by atoms with Gasteiger partial charge in [0, 0.05) is 24.3 Å². The number of ketones is 1. The average molecular weight is 442 g/mol. The van der Waals surface area contributed by atoms with Crippen LogP contribution in [0.3, 0.4) is 0 Å². The van der Waals surface area contributed by atoms with E-state index in [0.29, 0.717) is 24.4 Å². The molecule has 2 aliphatic heterocycles. The zero-order valence-corrected chi connectivity index (χ0v) is 17.7. The molecular formula is C26H22N2O5. The molecule has 7 heteroatoms. The second kappa shape index (κ2) is 8.43. The third-order valence-corrected chi connectivity index (χ3v) is 6.22. The zero-order chi connectivity index (χ0) is 22.9. The van der Waals surface area contributed by atoms with Crippen molar-refractivity contribution in [2.75, 3.05) is 18.1 Å². The Balaban J connectivity index is 1.58. The molecule has 33 heavy (non-hydrogen) atoms. The second-order valence-electron chi connectivity index (χ2n) is 8.14. The summed E-state index contributed by atoms with van der Waals surface area (Å²) in [5, 5.41) is 11.8. The first-order chi connectivity index (χ1) is 16.0. The van der Waals surface area contributed by atoms with Gasteiger partial charge in [-0.05, 0) is 28.8 Å². The van der Waals surface area contributed by atoms with Crippen molar-refractivity contribution >= 4 is 23.3 Å². The first-order valence-corrected chi connectivity index (χ1v) is 10.7. The summed E-state index contributed by atoms with van der Waals surface area (Å²) in [5.41, 5.74) is 4.63. The molecule has 3 aromatic carbocycles. The number of hydrogen-bond acceptors (Lipinski definition) is 5. The van der Waals surface area contributed by atoms with Crippen LogP contribution in [0, 0.1) is 0 Å². The van der Waals surface area contributed by atoms with E-state index in [1.165, 1.54) is 0 Å². The van der Waals surface area contributed by atoms with Gasteiger partial charge in [0.1, 0.15) is 5.75 Å². The lowest BCUT2D eigenvalue weighted by Gasteiger charge is -2.33. The maximum atomic E-state index is 12.9. The van der Waals surface area contributed by atoms with Gasteiger partial charge in [0.25, 0.3) is 5.91 Å². The van der Waals surface area contributed by atoms with Crippen LogP contribution in [0.5, 0.6) is 5.75 Å². The third kappa shape index (κ3) is 3.71. The molecule has 2 aliphatic rings. The number of fused-ring (bicyclic) bond motifs is 3. The van der Waals surface area contributed by atoms with Crippen LogP contribution < -0.4 is 15.0 Å². The van der Waals surface area contributed by atoms with E-state index in [1.54, 1.807) is 12.1 Å². The SMILES string of the molecule is O=C(O)COc1cccc2c1C1C(=O)C(=O)NCC1N2Cc1ccccc1-c1ccccc1. The lowest BCUT2D eigenvalue weighted by Crippen LogP contribution is -2.53. The van der Waals surface area contributed by atoms with E-state index < -0.39 is 30.2 Å². The molecule has 2 heterocycles. The molecule has 0 bridgehead atoms. The summed E-state index contributed by atoms with van der Waals surface area (Å²) in [6.07, 6.45) is 0. The molecule has 0 aliphatic carbocycles. The molecule has 2 atom stereocenters. The number of carbonyl (C=O) groups excluding carboxylic acids is 2. The number of carboxylic acids is 1. The molecule has 0 aromatic heterocycles. The van der Waals surface area contributed by atoms with Crippen LogP contribution in [0.2, 0.25) is 0 Å². The summed E-state index contributed by atoms with van der Waals surface area (Å²) in [6.45, 7) is 0.311. The number of nitrogens with zero attached hydrogens (tertiary/aromatic N) is 1. The first-order valence-electron chi connectivity index (χ1n) is 10.7. The van der Waals surface area contributed by atoms with Gasteiger partial charge in [-0.25, -0.2) is 4.79 Å². The predicted molar refractivity (Wildman–Crippen MR) is 122 cm³/mol. The van der Waals surface area contributed by atoms with Gasteiger partial charge >= 0.3 is 5.97 Å². The highest BCUT2D eigenvalue weighted by Gasteiger charge is 2.49. The molecule has 5 rings (SSSR count). The summed E-state index contributed by atoms with van der Waals surface area (Å²) < 4.78 is 5.52. The largest absolute Gasteiger partial charge is 0.482 e. The Morgan fingerprint density at radius 1 is 1.00 bits per heavy atom. The average Bonchev–Trinajstić information content (AvgIpc) is 3.15. The van der Waals surface area contributed by atoms with Crippen molar-refractivity contribution in [3.63, 3.8) is 0 Å². The standard InChI is InChI=1S/C26H22N2O5/c29-22(30)15-33-21-12-6-11-19-23(21)24-20(13-27-26(32)25(24)31)28(19)14-17-9-4-5-10-18(17)16-7-2-1-3-8-16/h1-12,20,24H,13-15H2,(H,27,32)(H,29,30). The highest BCUT2D eigenvalue weighted by atomic mass is 16.5. The number of aliphatic carboxylic acids is 1. The van der Waals surface area contributed by atoms with Crippen LogP contribution in [-0.4, -0.2) is 42.0 Å². The van der Waals surface area contributed by atoms with Crippen molar-refractivity contribution in [2.24, 2.45) is 0 Å². The molecule has 3 aromatic rings. The number of anilines is 1. The molecule has 0 saturated carbocycles. The van der Waals surface area contributed by atoms with Gasteiger partial charge in [0.15, 0.2) is 6.61 Å². The maximum Gasteiger partial charge on any atom is 0.341 e. The molecule has 1 saturated heterocycles. The molecule has 0 radical (unpaired) electrons. The van der Waals surface area contributed by atoms with E-state index in [0.717, 1.165) is 22.4 Å². The van der Waals surface area contributed by atoms with Gasteiger partial charge in [-0.2, -0.15) is 0 Å². The molecule has 2 N–H and O–H groups in total. The predicted octanol–water partition coefficient (Wildman–Crippen LogP) is 2.99. The number of hydrogen-bond donors (Lipinski definition) is 2. The normalized spacial score (nSPS) is 19.0. The fourth-order valence-corrected chi connectivity index (χ4v) is 4.81. The first kappa shape index (κ1) is 20.8. The highest BCUT2D eigenvalue weighted by Crippen LogP contribution is 2.48. The van der Waals surface area contributed by atoms with Gasteiger partial charge in [0.2, 0.25) is 5.78 Å². The Hall–Kier alpha value is -4.13. The number of piperidine rings is 1. The number of carbonyl (C=O) groups is 3. The van der Waals surface area contributed by atoms with Crippen LogP contribution in [-0.2, 0) is 20.9 Å². The maximum absolute atomic E-state index is 12.9. The Labute approximate surface area is 190 Å². The monoisotopic (exact) mass is 442 g/mol. The topological polar surface area (TPSA) is 95.9 Å². The van der Waals surface area contributed by atoms with E-state index in [2.05, 4.69) is 34.5 Å². The van der Waals surface area contributed by atoms with Crippen LogP contribution in [0.1, 0.15) is 17.0 Å². The number of ether oxygens (including phenoxy) is 1. The van der Waals surface area contributed by atoms with Crippen LogP contribution in [0.15, 0.2) is 72.8 Å². The summed E-state index contributed by atoms with van der Waals surface area (Å²) in [4.78, 5) is 38.4. The van der Waals surface area contributed by atoms with Gasteiger partial charge in [0.05, 0.1) is 12.0 Å². The molecule has 1 fully saturated rings. The number of nitrogens with one attached hydrogen (secondary N) is 1. The van der Waals surface area contributed by atoms with Crippen LogP contribution in [0.25, 0.3) is 11.1 Å². The van der Waals surface area contributed by atoms with E-state index in [-0.39, 0.29) is 6.04 Å². The molecule has 166 valence electrons. The quantitative estimate of drug-likeness (QED) is 0.570. The third-order valence-electron chi connectivity index (χ3n) is 6.22. The Morgan fingerprint density at radius 3 is 2.55 bits per heavy atom. The summed E-state index contributed by atoms with van der Waals surface area (Å²) in [6, 6.07) is 23.2. The van der Waals surface area contributed by atoms with Gasteiger partial charge in [-0.1, -0.05) is 60.7 Å². The van der Waals surface area contributed by atoms with Gasteiger partial charge in [-0.15, -0.1) is 0 Å². The van der Waals surface area contributed by atoms with Crippen molar-refractivity contribution in [1.82, 2.24) is 5.32 Å². The van der Waals surface area contributed by atoms with Crippen molar-refractivity contribution < 1.29 is 24.2 Å². The van der Waals surface area contributed by atoms with Gasteiger partial charge < -0.3 is 20.1 Å². The lowest BCUT2D eigenvalue weighted by atomic mass is 9.87. The molecule has 1 amide bonds. The minimum atomic E-state index is -1.11. The number of rotatable bonds is 6. The van der Waals surface area contributed by atoms with Crippen molar-refractivity contribution in [3.8, 4) is 16.9 Å². The minimum absolute atomic E-state index is 0.288. The molecular weight excluding hydrogens is 420 g/mol. The van der Waals surface area contributed by atoms with E-state index in [4.69, 9.17) is 9.84 Å². The second-order valence-corrected chi connectivity index (χ2v) is 8.14. The van der Waals surface area contributed by atoms with Crippen molar-refractivity contribution in [1.29, 1.82) is 0 Å². The molecule has 0 spiro atoms. The van der Waals surface area contributed by atoms with E-state index in [1.807, 2.05) is 36.4 Å². The van der Waals surface area contributed by atoms with E-state index in [9.17, 15) is 14.4 Å². The highest BCUT2D eigenvalue weighted by molar-refractivity contribution is 6.39. The summed E-state index contributed by atoms with van der Waals surface area (Å²) in [5.74, 6) is -2.64. The fourth-order valence-electron chi connectivity index (χ4n) is 4.81. The van der Waals surface area contributed by atoms with Crippen LogP contribution in [0.4, 0.5) is 5.69 Å². The van der Waals surface area contributed by atoms with Gasteiger partial charge in [-0.3, -0.25) is 9.59 Å².